The van der Waals surface area contributed by atoms with Crippen molar-refractivity contribution in [1.29, 1.82) is 0 Å². The molecule has 1 fully saturated rings. The van der Waals surface area contributed by atoms with Crippen LogP contribution < -0.4 is 4.83 Å². The van der Waals surface area contributed by atoms with Crippen LogP contribution in [0.15, 0.2) is 0 Å². The number of rotatable bonds is 1. The summed E-state index contributed by atoms with van der Waals surface area (Å²) in [4.78, 5) is 13.2. The minimum atomic E-state index is 0.0185. The highest BCUT2D eigenvalue weighted by atomic mass is 32.2. The molecule has 0 aromatic heterocycles. The molecular formula is C3H4N2OS2. The lowest BCUT2D eigenvalue weighted by Crippen LogP contribution is -2.30. The van der Waals surface area contributed by atoms with E-state index in [0.717, 1.165) is 0 Å². The topological polar surface area (TPSA) is 32.3 Å². The Kier molecular flexibility index (Phi) is 1.82. The number of hydrazine groups is 1. The van der Waals surface area contributed by atoms with Gasteiger partial charge in [0, 0.05) is 0 Å². The fourth-order valence-electron chi connectivity index (χ4n) is 0.364. The van der Waals surface area contributed by atoms with E-state index < -0.39 is 0 Å². The Morgan fingerprint density at radius 3 is 3.00 bits per heavy atom. The molecule has 0 radical (unpaired) electrons. The summed E-state index contributed by atoms with van der Waals surface area (Å²) >= 11 is 5.84. The molecule has 5 heteroatoms. The molecule has 0 unspecified atom stereocenters. The van der Waals surface area contributed by atoms with Gasteiger partial charge in [0.1, 0.15) is 0 Å². The molecule has 3 nitrogen and oxygen atoms in total. The van der Waals surface area contributed by atoms with Crippen LogP contribution in [-0.2, 0) is 4.79 Å². The Labute approximate surface area is 56.5 Å². The van der Waals surface area contributed by atoms with E-state index in [1.165, 1.54) is 22.4 Å². The molecule has 0 spiro atoms. The summed E-state index contributed by atoms with van der Waals surface area (Å²) in [6.45, 7) is 0. The Morgan fingerprint density at radius 2 is 2.75 bits per heavy atom. The number of nitrogens with zero attached hydrogens (tertiary/aromatic N) is 1. The van der Waals surface area contributed by atoms with Crippen LogP contribution in [0.2, 0.25) is 0 Å². The molecule has 1 aliphatic rings. The predicted molar refractivity (Wildman–Crippen MR) is 36.1 cm³/mol. The second-order valence-corrected chi connectivity index (χ2v) is 2.22. The van der Waals surface area contributed by atoms with Gasteiger partial charge >= 0.3 is 0 Å². The van der Waals surface area contributed by atoms with Crippen molar-refractivity contribution in [2.45, 2.75) is 0 Å². The number of amides is 1. The molecule has 0 bridgehead atoms. The van der Waals surface area contributed by atoms with Crippen molar-refractivity contribution in [2.75, 3.05) is 5.75 Å². The first-order valence-electron chi connectivity index (χ1n) is 1.99. The zero-order chi connectivity index (χ0) is 5.98. The standard InChI is InChI=1S/C3H4N2OS2/c6-3-1-8-4-5(3)2-7/h2,4H,1H2. The fourth-order valence-corrected chi connectivity index (χ4v) is 1.22. The van der Waals surface area contributed by atoms with Gasteiger partial charge in [0.05, 0.1) is 11.2 Å². The van der Waals surface area contributed by atoms with Crippen molar-refractivity contribution in [2.24, 2.45) is 0 Å². The van der Waals surface area contributed by atoms with E-state index in [1.807, 2.05) is 0 Å². The average Bonchev–Trinajstić information content (AvgIpc) is 2.14. The first-order valence-corrected chi connectivity index (χ1v) is 3.45. The average molecular weight is 148 g/mol. The SMILES string of the molecule is O=C1CSNN1C=S. The molecule has 1 heterocycles. The molecule has 0 atom stereocenters. The summed E-state index contributed by atoms with van der Waals surface area (Å²) in [5.74, 6) is 0.498. The molecule has 0 aromatic rings. The number of carbonyl (C=O) groups is 1. The number of thiocarbonyl (C=S) groups is 1. The van der Waals surface area contributed by atoms with E-state index in [2.05, 4.69) is 17.0 Å². The minimum absolute atomic E-state index is 0.0185. The molecule has 0 aromatic carbocycles. The maximum atomic E-state index is 10.6. The van der Waals surface area contributed by atoms with E-state index in [1.54, 1.807) is 0 Å². The van der Waals surface area contributed by atoms with E-state index in [4.69, 9.17) is 0 Å². The van der Waals surface area contributed by atoms with Crippen LogP contribution in [0.3, 0.4) is 0 Å². The first-order chi connectivity index (χ1) is 3.84. The molecular weight excluding hydrogens is 144 g/mol. The summed E-state index contributed by atoms with van der Waals surface area (Å²) in [5.41, 5.74) is 1.29. The van der Waals surface area contributed by atoms with Crippen molar-refractivity contribution in [1.82, 2.24) is 9.84 Å². The van der Waals surface area contributed by atoms with Gasteiger partial charge in [-0.05, 0) is 0 Å². The van der Waals surface area contributed by atoms with Gasteiger partial charge in [-0.3, -0.25) is 4.79 Å². The zero-order valence-electron chi connectivity index (χ0n) is 3.96. The summed E-state index contributed by atoms with van der Waals surface area (Å²) in [6, 6.07) is 0. The van der Waals surface area contributed by atoms with Crippen LogP contribution in [0, 0.1) is 0 Å². The van der Waals surface area contributed by atoms with E-state index in [0.29, 0.717) is 5.75 Å². The van der Waals surface area contributed by atoms with Gasteiger partial charge in [-0.25, -0.2) is 5.01 Å². The fraction of sp³-hybridized carbons (Fsp3) is 0.333. The number of carbonyl (C=O) groups excluding carboxylic acids is 1. The van der Waals surface area contributed by atoms with Crippen LogP contribution in [-0.4, -0.2) is 22.2 Å². The highest BCUT2D eigenvalue weighted by Crippen LogP contribution is 2.04. The van der Waals surface area contributed by atoms with E-state index in [9.17, 15) is 4.79 Å². The Hall–Kier alpha value is -0.130. The summed E-state index contributed by atoms with van der Waals surface area (Å²) in [7, 11) is 0. The third-order valence-corrected chi connectivity index (χ3v) is 1.66. The minimum Gasteiger partial charge on any atom is -0.272 e. The maximum Gasteiger partial charge on any atom is 0.253 e. The second kappa shape index (κ2) is 2.43. The lowest BCUT2D eigenvalue weighted by atomic mass is 10.7. The van der Waals surface area contributed by atoms with Gasteiger partial charge in [-0.2, -0.15) is 4.83 Å². The first kappa shape index (κ1) is 6.00. The van der Waals surface area contributed by atoms with Gasteiger partial charge in [-0.1, -0.05) is 24.2 Å². The third-order valence-electron chi connectivity index (χ3n) is 0.733. The van der Waals surface area contributed by atoms with Crippen molar-refractivity contribution in [3.05, 3.63) is 0 Å². The van der Waals surface area contributed by atoms with Crippen LogP contribution in [0.5, 0.6) is 0 Å². The van der Waals surface area contributed by atoms with Crippen molar-refractivity contribution < 1.29 is 4.79 Å². The predicted octanol–water partition coefficient (Wildman–Crippen LogP) is -0.0614. The highest BCUT2D eigenvalue weighted by molar-refractivity contribution is 7.98. The third kappa shape index (κ3) is 0.988. The monoisotopic (exact) mass is 148 g/mol. The molecule has 1 saturated heterocycles. The quantitative estimate of drug-likeness (QED) is 0.417. The summed E-state index contributed by atoms with van der Waals surface area (Å²) in [5, 5.41) is 1.29. The van der Waals surface area contributed by atoms with Crippen molar-refractivity contribution >= 4 is 35.6 Å². The van der Waals surface area contributed by atoms with Gasteiger partial charge in [0.25, 0.3) is 5.91 Å². The summed E-state index contributed by atoms with van der Waals surface area (Å²) in [6.07, 6.45) is 0. The van der Waals surface area contributed by atoms with Gasteiger partial charge in [-0.15, -0.1) is 0 Å². The van der Waals surface area contributed by atoms with Gasteiger partial charge < -0.3 is 0 Å². The van der Waals surface area contributed by atoms with Gasteiger partial charge in [0.2, 0.25) is 0 Å². The Bertz CT molecular complexity index is 126. The second-order valence-electron chi connectivity index (χ2n) is 1.25. The van der Waals surface area contributed by atoms with Crippen molar-refractivity contribution in [3.8, 4) is 0 Å². The summed E-state index contributed by atoms with van der Waals surface area (Å²) < 4.78 is 0. The normalized spacial score (nSPS) is 19.5. The Morgan fingerprint density at radius 1 is 2.00 bits per heavy atom. The van der Waals surface area contributed by atoms with E-state index in [-0.39, 0.29) is 5.91 Å². The lowest BCUT2D eigenvalue weighted by molar-refractivity contribution is -0.124. The van der Waals surface area contributed by atoms with Gasteiger partial charge in [0.15, 0.2) is 0 Å². The largest absolute Gasteiger partial charge is 0.272 e. The molecule has 1 N–H and O–H groups in total. The van der Waals surface area contributed by atoms with Crippen LogP contribution in [0.1, 0.15) is 0 Å². The number of nitrogens with one attached hydrogen (secondary N) is 1. The number of hydrogen-bond donors (Lipinski definition) is 1. The van der Waals surface area contributed by atoms with Crippen LogP contribution >= 0.6 is 24.2 Å². The van der Waals surface area contributed by atoms with Crippen molar-refractivity contribution in [3.63, 3.8) is 0 Å². The number of hydrogen-bond acceptors (Lipinski definition) is 4. The maximum absolute atomic E-state index is 10.6. The highest BCUT2D eigenvalue weighted by Gasteiger charge is 2.17. The van der Waals surface area contributed by atoms with Crippen LogP contribution in [0.25, 0.3) is 0 Å². The lowest BCUT2D eigenvalue weighted by Gasteiger charge is -2.03. The molecule has 1 amide bonds. The molecule has 0 aliphatic carbocycles. The zero-order valence-corrected chi connectivity index (χ0v) is 5.59. The molecule has 1 rings (SSSR count). The van der Waals surface area contributed by atoms with Crippen LogP contribution in [0.4, 0.5) is 0 Å². The Balaban J connectivity index is 2.54. The molecule has 0 saturated carbocycles. The smallest absolute Gasteiger partial charge is 0.253 e. The van der Waals surface area contributed by atoms with E-state index >= 15 is 0 Å². The molecule has 1 aliphatic heterocycles. The molecule has 8 heavy (non-hydrogen) atoms. The molecule has 44 valence electrons.